The summed E-state index contributed by atoms with van der Waals surface area (Å²) in [5, 5.41) is 16.1. The van der Waals surface area contributed by atoms with Gasteiger partial charge in [0.1, 0.15) is 11.3 Å². The number of nitrogens with zero attached hydrogens (tertiary/aromatic N) is 2. The molecule has 2 aromatic heterocycles. The standard InChI is InChI=1S/C23H24N4O4/c1-14-18(17-5-3-4-6-20(17)31-14)12-27(2)21(29)8-7-15-9-19-22(25-10-15)26-23(30)16(13-28)11-24-19/h3-10,16,24,28H,11-13H2,1-2H3,(H,25,26,30)/b8-7+/t16-/m0/s1. The number of aliphatic hydroxyl groups is 1. The van der Waals surface area contributed by atoms with Crippen molar-refractivity contribution in [1.82, 2.24) is 9.88 Å². The Kier molecular flexibility index (Phi) is 5.73. The van der Waals surface area contributed by atoms with Crippen LogP contribution >= 0.6 is 0 Å². The van der Waals surface area contributed by atoms with E-state index in [1.165, 1.54) is 6.08 Å². The minimum absolute atomic E-state index is 0.152. The van der Waals surface area contributed by atoms with Gasteiger partial charge in [-0.15, -0.1) is 0 Å². The van der Waals surface area contributed by atoms with E-state index in [1.54, 1.807) is 30.3 Å². The number of aliphatic hydroxyl groups excluding tert-OH is 1. The Bertz CT molecular complexity index is 1170. The summed E-state index contributed by atoms with van der Waals surface area (Å²) in [6.07, 6.45) is 4.76. The third-order valence-electron chi connectivity index (χ3n) is 5.37. The molecule has 0 saturated carbocycles. The van der Waals surface area contributed by atoms with Gasteiger partial charge >= 0.3 is 0 Å². The van der Waals surface area contributed by atoms with Crippen LogP contribution in [0.2, 0.25) is 0 Å². The molecule has 0 bridgehead atoms. The van der Waals surface area contributed by atoms with Gasteiger partial charge in [-0.1, -0.05) is 18.2 Å². The molecule has 2 amide bonds. The summed E-state index contributed by atoms with van der Waals surface area (Å²) < 4.78 is 5.78. The van der Waals surface area contributed by atoms with Crippen molar-refractivity contribution in [2.75, 3.05) is 30.8 Å². The first-order valence-electron chi connectivity index (χ1n) is 10.0. The number of nitrogens with one attached hydrogen (secondary N) is 2. The predicted molar refractivity (Wildman–Crippen MR) is 118 cm³/mol. The Hall–Kier alpha value is -3.65. The molecule has 1 aliphatic heterocycles. The molecule has 8 nitrogen and oxygen atoms in total. The van der Waals surface area contributed by atoms with Crippen molar-refractivity contribution in [2.45, 2.75) is 13.5 Å². The summed E-state index contributed by atoms with van der Waals surface area (Å²) in [6, 6.07) is 9.58. The molecule has 31 heavy (non-hydrogen) atoms. The van der Waals surface area contributed by atoms with Gasteiger partial charge in [0.2, 0.25) is 11.8 Å². The second kappa shape index (κ2) is 8.61. The van der Waals surface area contributed by atoms with Crippen LogP contribution in [-0.4, -0.2) is 47.0 Å². The molecule has 1 aromatic carbocycles. The number of hydrogen-bond acceptors (Lipinski definition) is 6. The highest BCUT2D eigenvalue weighted by atomic mass is 16.3. The molecule has 1 aliphatic rings. The van der Waals surface area contributed by atoms with Gasteiger partial charge in [-0.05, 0) is 30.7 Å². The van der Waals surface area contributed by atoms with E-state index in [4.69, 9.17) is 4.42 Å². The lowest BCUT2D eigenvalue weighted by Crippen LogP contribution is -2.28. The molecule has 3 N–H and O–H groups in total. The average molecular weight is 420 g/mol. The predicted octanol–water partition coefficient (Wildman–Crippen LogP) is 2.78. The van der Waals surface area contributed by atoms with Gasteiger partial charge in [-0.25, -0.2) is 4.98 Å². The maximum absolute atomic E-state index is 12.6. The maximum atomic E-state index is 12.6. The van der Waals surface area contributed by atoms with E-state index in [-0.39, 0.29) is 18.4 Å². The van der Waals surface area contributed by atoms with E-state index >= 15 is 0 Å². The lowest BCUT2D eigenvalue weighted by Gasteiger charge is -2.15. The monoisotopic (exact) mass is 420 g/mol. The van der Waals surface area contributed by atoms with Gasteiger partial charge in [0.05, 0.1) is 18.2 Å². The zero-order valence-electron chi connectivity index (χ0n) is 17.4. The van der Waals surface area contributed by atoms with Crippen LogP contribution in [0, 0.1) is 12.8 Å². The fraction of sp³-hybridized carbons (Fsp3) is 0.261. The Morgan fingerprint density at radius 3 is 3.00 bits per heavy atom. The van der Waals surface area contributed by atoms with Gasteiger partial charge in [-0.3, -0.25) is 9.59 Å². The molecule has 0 spiro atoms. The number of rotatable bonds is 5. The summed E-state index contributed by atoms with van der Waals surface area (Å²) >= 11 is 0. The number of benzene rings is 1. The van der Waals surface area contributed by atoms with Crippen LogP contribution in [0.5, 0.6) is 0 Å². The number of anilines is 2. The minimum atomic E-state index is -0.536. The fourth-order valence-corrected chi connectivity index (χ4v) is 3.53. The topological polar surface area (TPSA) is 108 Å². The Labute approximate surface area is 179 Å². The van der Waals surface area contributed by atoms with Crippen molar-refractivity contribution >= 4 is 40.4 Å². The zero-order valence-corrected chi connectivity index (χ0v) is 17.4. The molecule has 8 heteroatoms. The molecular formula is C23H24N4O4. The van der Waals surface area contributed by atoms with Crippen molar-refractivity contribution in [3.8, 4) is 0 Å². The van der Waals surface area contributed by atoms with Crippen molar-refractivity contribution in [2.24, 2.45) is 5.92 Å². The quantitative estimate of drug-likeness (QED) is 0.548. The summed E-state index contributed by atoms with van der Waals surface area (Å²) in [4.78, 5) is 30.5. The highest BCUT2D eigenvalue weighted by Crippen LogP contribution is 2.27. The van der Waals surface area contributed by atoms with Crippen LogP contribution in [-0.2, 0) is 16.1 Å². The SMILES string of the molecule is Cc1oc2ccccc2c1CN(C)C(=O)/C=C/c1cnc2c(c1)NC[C@@H](CO)C(=O)N2. The normalized spacial score (nSPS) is 16.0. The lowest BCUT2D eigenvalue weighted by molar-refractivity contribution is -0.125. The highest BCUT2D eigenvalue weighted by molar-refractivity contribution is 5.97. The number of amides is 2. The van der Waals surface area contributed by atoms with Crippen molar-refractivity contribution in [1.29, 1.82) is 0 Å². The van der Waals surface area contributed by atoms with E-state index in [2.05, 4.69) is 15.6 Å². The van der Waals surface area contributed by atoms with Crippen LogP contribution in [0.25, 0.3) is 17.0 Å². The molecule has 1 atom stereocenters. The Balaban J connectivity index is 1.46. The molecular weight excluding hydrogens is 396 g/mol. The van der Waals surface area contributed by atoms with Crippen LogP contribution in [0.15, 0.2) is 47.0 Å². The van der Waals surface area contributed by atoms with Crippen molar-refractivity contribution in [3.05, 3.63) is 59.5 Å². The number of carbonyl (C=O) groups is 2. The Morgan fingerprint density at radius 2 is 2.19 bits per heavy atom. The number of furan rings is 1. The summed E-state index contributed by atoms with van der Waals surface area (Å²) in [7, 11) is 1.75. The van der Waals surface area contributed by atoms with E-state index in [0.29, 0.717) is 24.6 Å². The number of aromatic nitrogens is 1. The highest BCUT2D eigenvalue weighted by Gasteiger charge is 2.23. The number of aryl methyl sites for hydroxylation is 1. The number of carbonyl (C=O) groups excluding carboxylic acids is 2. The van der Waals surface area contributed by atoms with Gasteiger partial charge < -0.3 is 25.1 Å². The molecule has 0 aliphatic carbocycles. The van der Waals surface area contributed by atoms with Crippen LogP contribution in [0.3, 0.4) is 0 Å². The molecule has 4 rings (SSSR count). The first-order valence-corrected chi connectivity index (χ1v) is 10.0. The van der Waals surface area contributed by atoms with Crippen molar-refractivity contribution in [3.63, 3.8) is 0 Å². The maximum Gasteiger partial charge on any atom is 0.246 e. The van der Waals surface area contributed by atoms with Crippen LogP contribution < -0.4 is 10.6 Å². The van der Waals surface area contributed by atoms with E-state index in [0.717, 1.165) is 27.9 Å². The molecule has 0 radical (unpaired) electrons. The summed E-state index contributed by atoms with van der Waals surface area (Å²) in [5.74, 6) is 0.244. The number of hydrogen-bond donors (Lipinski definition) is 3. The molecule has 0 saturated heterocycles. The van der Waals surface area contributed by atoms with Crippen LogP contribution in [0.4, 0.5) is 11.5 Å². The average Bonchev–Trinajstić information content (AvgIpc) is 2.98. The summed E-state index contributed by atoms with van der Waals surface area (Å²) in [6.45, 7) is 2.40. The smallest absolute Gasteiger partial charge is 0.246 e. The number of fused-ring (bicyclic) bond motifs is 2. The first-order chi connectivity index (χ1) is 15.0. The second-order valence-electron chi connectivity index (χ2n) is 7.58. The molecule has 0 unspecified atom stereocenters. The minimum Gasteiger partial charge on any atom is -0.461 e. The fourth-order valence-electron chi connectivity index (χ4n) is 3.53. The molecule has 3 aromatic rings. The largest absolute Gasteiger partial charge is 0.461 e. The van der Waals surface area contributed by atoms with Crippen molar-refractivity contribution < 1.29 is 19.1 Å². The van der Waals surface area contributed by atoms with E-state index < -0.39 is 5.92 Å². The summed E-state index contributed by atoms with van der Waals surface area (Å²) in [5.41, 5.74) is 3.16. The van der Waals surface area contributed by atoms with E-state index in [9.17, 15) is 14.7 Å². The third-order valence-corrected chi connectivity index (χ3v) is 5.37. The van der Waals surface area contributed by atoms with Gasteiger partial charge in [0.25, 0.3) is 0 Å². The number of likely N-dealkylation sites (N-methyl/N-ethyl adjacent to an activating group) is 1. The lowest BCUT2D eigenvalue weighted by atomic mass is 10.1. The number of para-hydroxylation sites is 1. The van der Waals surface area contributed by atoms with Gasteiger partial charge in [0.15, 0.2) is 5.82 Å². The molecule has 160 valence electrons. The van der Waals surface area contributed by atoms with E-state index in [1.807, 2.05) is 31.2 Å². The zero-order chi connectivity index (χ0) is 22.0. The van der Waals surface area contributed by atoms with Crippen LogP contribution in [0.1, 0.15) is 16.9 Å². The number of pyridine rings is 1. The molecule has 3 heterocycles. The molecule has 0 fully saturated rings. The van der Waals surface area contributed by atoms with Gasteiger partial charge in [-0.2, -0.15) is 0 Å². The first kappa shape index (κ1) is 20.6. The second-order valence-corrected chi connectivity index (χ2v) is 7.58. The van der Waals surface area contributed by atoms with Gasteiger partial charge in [0, 0.05) is 43.4 Å². The Morgan fingerprint density at radius 1 is 1.39 bits per heavy atom. The third kappa shape index (κ3) is 4.29.